The van der Waals surface area contributed by atoms with E-state index in [1.165, 1.54) is 12.1 Å². The molecule has 0 aliphatic rings. The van der Waals surface area contributed by atoms with Gasteiger partial charge < -0.3 is 20.5 Å². The number of alkyl halides is 3. The van der Waals surface area contributed by atoms with Gasteiger partial charge in [0.1, 0.15) is 5.75 Å². The highest BCUT2D eigenvalue weighted by Gasteiger charge is 2.30. The number of rotatable bonds is 6. The zero-order chi connectivity index (χ0) is 22.6. The number of benzene rings is 3. The Labute approximate surface area is 177 Å². The van der Waals surface area contributed by atoms with Gasteiger partial charge in [-0.2, -0.15) is 13.2 Å². The molecule has 0 saturated carbocycles. The number of amides is 2. The van der Waals surface area contributed by atoms with Gasteiger partial charge in [-0.1, -0.05) is 36.4 Å². The molecular formula is C23H23F3N2O3. The quantitative estimate of drug-likeness (QED) is 0.516. The summed E-state index contributed by atoms with van der Waals surface area (Å²) in [4.78, 5) is 12.3. The van der Waals surface area contributed by atoms with Gasteiger partial charge in [-0.05, 0) is 47.7 Å². The molecule has 0 aromatic heterocycles. The molecule has 0 aliphatic heterocycles. The number of ether oxygens (including phenoxy) is 1. The fourth-order valence-corrected chi connectivity index (χ4v) is 3.25. The SMILES string of the molecule is COc1cc(C(C)NC(=O)NCC(O)c2ccc(C(F)(F)F)cc2)cc2ccccc12. The summed E-state index contributed by atoms with van der Waals surface area (Å²) in [6.45, 7) is 1.67. The van der Waals surface area contributed by atoms with Crippen molar-refractivity contribution in [3.05, 3.63) is 77.4 Å². The number of hydrogen-bond donors (Lipinski definition) is 3. The number of nitrogens with one attached hydrogen (secondary N) is 2. The number of aliphatic hydroxyl groups excluding tert-OH is 1. The molecule has 5 nitrogen and oxygen atoms in total. The fourth-order valence-electron chi connectivity index (χ4n) is 3.25. The first-order valence-electron chi connectivity index (χ1n) is 9.65. The first kappa shape index (κ1) is 22.4. The molecule has 0 fully saturated rings. The Morgan fingerprint density at radius 3 is 2.39 bits per heavy atom. The minimum atomic E-state index is -4.44. The summed E-state index contributed by atoms with van der Waals surface area (Å²) in [5.41, 5.74) is 0.323. The Hall–Kier alpha value is -3.26. The van der Waals surface area contributed by atoms with Crippen molar-refractivity contribution < 1.29 is 27.8 Å². The molecule has 3 rings (SSSR count). The van der Waals surface area contributed by atoms with E-state index in [0.717, 1.165) is 28.5 Å². The molecule has 2 unspecified atom stereocenters. The van der Waals surface area contributed by atoms with Crippen molar-refractivity contribution in [3.63, 3.8) is 0 Å². The lowest BCUT2D eigenvalue weighted by Crippen LogP contribution is -2.39. The minimum Gasteiger partial charge on any atom is -0.496 e. The summed E-state index contributed by atoms with van der Waals surface area (Å²) in [5, 5.41) is 17.4. The number of urea groups is 1. The number of aliphatic hydroxyl groups is 1. The second-order valence-corrected chi connectivity index (χ2v) is 7.16. The van der Waals surface area contributed by atoms with E-state index in [4.69, 9.17) is 4.74 Å². The van der Waals surface area contributed by atoms with E-state index in [-0.39, 0.29) is 18.2 Å². The summed E-state index contributed by atoms with van der Waals surface area (Å²) in [5.74, 6) is 0.694. The molecule has 0 bridgehead atoms. The van der Waals surface area contributed by atoms with E-state index in [9.17, 15) is 23.1 Å². The van der Waals surface area contributed by atoms with E-state index in [1.807, 2.05) is 43.3 Å². The summed E-state index contributed by atoms with van der Waals surface area (Å²) >= 11 is 0. The molecule has 8 heteroatoms. The van der Waals surface area contributed by atoms with Crippen LogP contribution < -0.4 is 15.4 Å². The van der Waals surface area contributed by atoms with Crippen LogP contribution >= 0.6 is 0 Å². The topological polar surface area (TPSA) is 70.6 Å². The summed E-state index contributed by atoms with van der Waals surface area (Å²) in [7, 11) is 1.58. The maximum atomic E-state index is 12.6. The van der Waals surface area contributed by atoms with Gasteiger partial charge in [0.2, 0.25) is 0 Å². The average Bonchev–Trinajstić information content (AvgIpc) is 2.76. The van der Waals surface area contributed by atoms with Gasteiger partial charge in [-0.25, -0.2) is 4.79 Å². The van der Waals surface area contributed by atoms with E-state index in [2.05, 4.69) is 10.6 Å². The van der Waals surface area contributed by atoms with Crippen LogP contribution in [0.3, 0.4) is 0 Å². The lowest BCUT2D eigenvalue weighted by atomic mass is 10.0. The minimum absolute atomic E-state index is 0.148. The van der Waals surface area contributed by atoms with Crippen LogP contribution in [-0.4, -0.2) is 24.8 Å². The van der Waals surface area contributed by atoms with Crippen molar-refractivity contribution in [1.82, 2.24) is 10.6 Å². The maximum absolute atomic E-state index is 12.6. The Balaban J connectivity index is 1.60. The average molecular weight is 432 g/mol. The van der Waals surface area contributed by atoms with Crippen LogP contribution in [0.5, 0.6) is 5.75 Å². The predicted octanol–water partition coefficient (Wildman–Crippen LogP) is 4.96. The Bertz CT molecular complexity index is 1050. The zero-order valence-corrected chi connectivity index (χ0v) is 17.0. The second kappa shape index (κ2) is 9.26. The van der Waals surface area contributed by atoms with E-state index < -0.39 is 23.9 Å². The highest BCUT2D eigenvalue weighted by atomic mass is 19.4. The highest BCUT2D eigenvalue weighted by molar-refractivity contribution is 5.89. The first-order chi connectivity index (χ1) is 14.7. The summed E-state index contributed by atoms with van der Waals surface area (Å²) in [6, 6.07) is 14.9. The number of halogens is 3. The Morgan fingerprint density at radius 1 is 1.06 bits per heavy atom. The molecule has 0 heterocycles. The number of carbonyl (C=O) groups is 1. The van der Waals surface area contributed by atoms with Crippen molar-refractivity contribution in [2.24, 2.45) is 0 Å². The van der Waals surface area contributed by atoms with Crippen molar-refractivity contribution in [2.75, 3.05) is 13.7 Å². The van der Waals surface area contributed by atoms with Gasteiger partial charge in [0.25, 0.3) is 0 Å². The standard InChI is InChI=1S/C23H23F3N2O3/c1-14(17-11-16-5-3-4-6-19(16)21(12-17)31-2)28-22(30)27-13-20(29)15-7-9-18(10-8-15)23(24,25)26/h3-12,14,20,29H,13H2,1-2H3,(H2,27,28,30). The third kappa shape index (κ3) is 5.46. The molecule has 3 aromatic rings. The highest BCUT2D eigenvalue weighted by Crippen LogP contribution is 2.31. The van der Waals surface area contributed by atoms with E-state index >= 15 is 0 Å². The van der Waals surface area contributed by atoms with Crippen molar-refractivity contribution >= 4 is 16.8 Å². The number of carbonyl (C=O) groups excluding carboxylic acids is 1. The van der Waals surface area contributed by atoms with E-state index in [1.54, 1.807) is 7.11 Å². The maximum Gasteiger partial charge on any atom is 0.416 e. The van der Waals surface area contributed by atoms with Crippen LogP contribution in [-0.2, 0) is 6.18 Å². The van der Waals surface area contributed by atoms with Crippen molar-refractivity contribution in [3.8, 4) is 5.75 Å². The Kier molecular flexibility index (Phi) is 6.70. The summed E-state index contributed by atoms with van der Waals surface area (Å²) in [6.07, 6.45) is -5.58. The number of hydrogen-bond acceptors (Lipinski definition) is 3. The van der Waals surface area contributed by atoms with Gasteiger partial charge in [0, 0.05) is 11.9 Å². The van der Waals surface area contributed by atoms with Crippen molar-refractivity contribution in [2.45, 2.75) is 25.2 Å². The molecule has 3 N–H and O–H groups in total. The smallest absolute Gasteiger partial charge is 0.416 e. The van der Waals surface area contributed by atoms with Crippen LogP contribution in [0, 0.1) is 0 Å². The van der Waals surface area contributed by atoms with Crippen LogP contribution in [0.1, 0.15) is 35.8 Å². The molecule has 0 saturated heterocycles. The molecule has 2 amide bonds. The molecule has 164 valence electrons. The number of fused-ring (bicyclic) bond motifs is 1. The molecule has 0 aliphatic carbocycles. The summed E-state index contributed by atoms with van der Waals surface area (Å²) < 4.78 is 43.4. The predicted molar refractivity (Wildman–Crippen MR) is 112 cm³/mol. The second-order valence-electron chi connectivity index (χ2n) is 7.16. The lowest BCUT2D eigenvalue weighted by Gasteiger charge is -2.18. The van der Waals surface area contributed by atoms with Crippen molar-refractivity contribution in [1.29, 1.82) is 0 Å². The molecule has 31 heavy (non-hydrogen) atoms. The van der Waals surface area contributed by atoms with Gasteiger partial charge in [0.05, 0.1) is 24.8 Å². The molecular weight excluding hydrogens is 409 g/mol. The molecule has 0 spiro atoms. The monoisotopic (exact) mass is 432 g/mol. The molecule has 3 aromatic carbocycles. The van der Waals surface area contributed by atoms with Gasteiger partial charge >= 0.3 is 12.2 Å². The normalized spacial score (nSPS) is 13.5. The van der Waals surface area contributed by atoms with Gasteiger partial charge in [-0.3, -0.25) is 0 Å². The van der Waals surface area contributed by atoms with Crippen LogP contribution in [0.25, 0.3) is 10.8 Å². The molecule has 0 radical (unpaired) electrons. The van der Waals surface area contributed by atoms with Crippen LogP contribution in [0.4, 0.5) is 18.0 Å². The fraction of sp³-hybridized carbons (Fsp3) is 0.261. The first-order valence-corrected chi connectivity index (χ1v) is 9.65. The Morgan fingerprint density at radius 2 is 1.74 bits per heavy atom. The lowest BCUT2D eigenvalue weighted by molar-refractivity contribution is -0.137. The van der Waals surface area contributed by atoms with Gasteiger partial charge in [-0.15, -0.1) is 0 Å². The largest absolute Gasteiger partial charge is 0.496 e. The third-order valence-corrected chi connectivity index (χ3v) is 4.99. The van der Waals surface area contributed by atoms with Crippen LogP contribution in [0.2, 0.25) is 0 Å². The van der Waals surface area contributed by atoms with E-state index in [0.29, 0.717) is 5.75 Å². The van der Waals surface area contributed by atoms with Crippen LogP contribution in [0.15, 0.2) is 60.7 Å². The zero-order valence-electron chi connectivity index (χ0n) is 17.0. The van der Waals surface area contributed by atoms with Gasteiger partial charge in [0.15, 0.2) is 0 Å². The third-order valence-electron chi connectivity index (χ3n) is 4.99. The number of methoxy groups -OCH3 is 1. The molecule has 2 atom stereocenters.